The average Bonchev–Trinajstić information content (AvgIpc) is 2.15. The van der Waals surface area contributed by atoms with Gasteiger partial charge in [0.2, 0.25) is 0 Å². The maximum Gasteiger partial charge on any atom is 0.318 e. The van der Waals surface area contributed by atoms with Gasteiger partial charge in [-0.25, -0.2) is 0 Å². The van der Waals surface area contributed by atoms with E-state index in [0.717, 1.165) is 0 Å². The number of hydrogen-bond acceptors (Lipinski definition) is 7. The van der Waals surface area contributed by atoms with Gasteiger partial charge >= 0.3 is 24.4 Å². The molecule has 0 saturated carbocycles. The van der Waals surface area contributed by atoms with E-state index in [9.17, 15) is 14.4 Å². The van der Waals surface area contributed by atoms with E-state index in [0.29, 0.717) is 13.2 Å². The fourth-order valence-corrected chi connectivity index (χ4v) is 0.726. The highest BCUT2D eigenvalue weighted by atomic mass is 16.9. The van der Waals surface area contributed by atoms with Crippen molar-refractivity contribution in [2.24, 2.45) is 0 Å². The second-order valence-corrected chi connectivity index (χ2v) is 2.89. The summed E-state index contributed by atoms with van der Waals surface area (Å²) >= 11 is 0. The lowest BCUT2D eigenvalue weighted by Gasteiger charge is -2.15. The topological polar surface area (TPSA) is 88.1 Å². The standard InChI is InChI=1S/C7H14O4.C4H6O3/c1-4-9-7(10-5-2)11-6(3)8;1-3(5)7-4(2)6/h7H,4-5H2,1-3H3;1-2H3. The van der Waals surface area contributed by atoms with Crippen LogP contribution in [0.1, 0.15) is 34.6 Å². The summed E-state index contributed by atoms with van der Waals surface area (Å²) in [4.78, 5) is 30.0. The lowest BCUT2D eigenvalue weighted by Crippen LogP contribution is -2.23. The molecule has 106 valence electrons. The van der Waals surface area contributed by atoms with Crippen molar-refractivity contribution in [1.29, 1.82) is 0 Å². The van der Waals surface area contributed by atoms with E-state index in [2.05, 4.69) is 9.47 Å². The van der Waals surface area contributed by atoms with Crippen LogP contribution in [0.2, 0.25) is 0 Å². The van der Waals surface area contributed by atoms with Gasteiger partial charge < -0.3 is 18.9 Å². The largest absolute Gasteiger partial charge is 0.410 e. The normalized spacial score (nSPS) is 9.22. The lowest BCUT2D eigenvalue weighted by molar-refractivity contribution is -0.271. The molecule has 0 aromatic rings. The molecule has 0 aromatic carbocycles. The minimum absolute atomic E-state index is 0.406. The molecule has 0 aliphatic heterocycles. The van der Waals surface area contributed by atoms with E-state index < -0.39 is 24.4 Å². The van der Waals surface area contributed by atoms with Gasteiger partial charge in [-0.15, -0.1) is 0 Å². The van der Waals surface area contributed by atoms with E-state index in [1.54, 1.807) is 13.8 Å². The van der Waals surface area contributed by atoms with Crippen molar-refractivity contribution < 1.29 is 33.3 Å². The molecular formula is C11H20O7. The number of hydrogen-bond donors (Lipinski definition) is 0. The molecule has 0 aliphatic carbocycles. The van der Waals surface area contributed by atoms with Crippen LogP contribution in [0, 0.1) is 0 Å². The molecule has 0 rings (SSSR count). The first kappa shape index (κ1) is 18.9. The van der Waals surface area contributed by atoms with Crippen LogP contribution < -0.4 is 0 Å². The second-order valence-electron chi connectivity index (χ2n) is 2.89. The van der Waals surface area contributed by atoms with Crippen LogP contribution in [-0.2, 0) is 33.3 Å². The van der Waals surface area contributed by atoms with Crippen LogP contribution in [0.3, 0.4) is 0 Å². The van der Waals surface area contributed by atoms with E-state index in [-0.39, 0.29) is 0 Å². The summed E-state index contributed by atoms with van der Waals surface area (Å²) in [6, 6.07) is 0. The van der Waals surface area contributed by atoms with Crippen molar-refractivity contribution in [3.8, 4) is 0 Å². The van der Waals surface area contributed by atoms with Crippen molar-refractivity contribution in [3.05, 3.63) is 0 Å². The molecule has 0 aliphatic rings. The zero-order chi connectivity index (χ0) is 14.6. The van der Waals surface area contributed by atoms with E-state index in [1.165, 1.54) is 20.8 Å². The predicted octanol–water partition coefficient (Wildman–Crippen LogP) is 1.00. The SMILES string of the molecule is CC(=O)OC(C)=O.CCOC(OCC)OC(C)=O. The lowest BCUT2D eigenvalue weighted by atomic mass is 10.7. The van der Waals surface area contributed by atoms with Gasteiger partial charge in [0.05, 0.1) is 13.2 Å². The molecule has 7 nitrogen and oxygen atoms in total. The third kappa shape index (κ3) is 16.9. The minimum Gasteiger partial charge on any atom is -0.410 e. The number of esters is 3. The number of carbonyl (C=O) groups is 3. The molecule has 0 heterocycles. The highest BCUT2D eigenvalue weighted by Gasteiger charge is 2.09. The molecule has 18 heavy (non-hydrogen) atoms. The van der Waals surface area contributed by atoms with Crippen LogP contribution in [0.4, 0.5) is 0 Å². The van der Waals surface area contributed by atoms with Gasteiger partial charge in [-0.2, -0.15) is 0 Å². The summed E-state index contributed by atoms with van der Waals surface area (Å²) in [6.07, 6.45) is 0. The maximum absolute atomic E-state index is 10.4. The Morgan fingerprint density at radius 2 is 1.22 bits per heavy atom. The van der Waals surface area contributed by atoms with Gasteiger partial charge in [0.25, 0.3) is 0 Å². The van der Waals surface area contributed by atoms with Crippen LogP contribution in [0.15, 0.2) is 0 Å². The van der Waals surface area contributed by atoms with Crippen LogP contribution >= 0.6 is 0 Å². The van der Waals surface area contributed by atoms with E-state index in [1.807, 2.05) is 0 Å². The molecule has 0 N–H and O–H groups in total. The summed E-state index contributed by atoms with van der Waals surface area (Å²) in [7, 11) is 0. The molecule has 0 fully saturated rings. The van der Waals surface area contributed by atoms with Crippen molar-refractivity contribution in [1.82, 2.24) is 0 Å². The number of carbonyl (C=O) groups excluding carboxylic acids is 3. The molecule has 0 radical (unpaired) electrons. The molecule has 0 atom stereocenters. The Hall–Kier alpha value is -1.47. The van der Waals surface area contributed by atoms with Crippen molar-refractivity contribution in [2.75, 3.05) is 13.2 Å². The third-order valence-corrected chi connectivity index (χ3v) is 1.16. The minimum atomic E-state index is -0.845. The molecule has 0 aromatic heterocycles. The van der Waals surface area contributed by atoms with Gasteiger partial charge in [-0.1, -0.05) is 0 Å². The molecule has 0 bridgehead atoms. The van der Waals surface area contributed by atoms with Gasteiger partial charge in [0.15, 0.2) is 0 Å². The Balaban J connectivity index is 0. The van der Waals surface area contributed by atoms with Crippen molar-refractivity contribution in [2.45, 2.75) is 41.1 Å². The van der Waals surface area contributed by atoms with E-state index >= 15 is 0 Å². The van der Waals surface area contributed by atoms with Crippen LogP contribution in [-0.4, -0.2) is 37.6 Å². The Kier molecular flexibility index (Phi) is 12.6. The molecule has 0 saturated heterocycles. The molecule has 7 heteroatoms. The van der Waals surface area contributed by atoms with Crippen molar-refractivity contribution in [3.63, 3.8) is 0 Å². The van der Waals surface area contributed by atoms with Crippen molar-refractivity contribution >= 4 is 17.9 Å². The smallest absolute Gasteiger partial charge is 0.318 e. The summed E-state index contributed by atoms with van der Waals surface area (Å²) in [5.41, 5.74) is 0. The molecule has 0 unspecified atom stereocenters. The zero-order valence-electron chi connectivity index (χ0n) is 11.3. The first-order valence-corrected chi connectivity index (χ1v) is 5.42. The monoisotopic (exact) mass is 264 g/mol. The third-order valence-electron chi connectivity index (χ3n) is 1.16. The number of ether oxygens (including phenoxy) is 4. The van der Waals surface area contributed by atoms with Gasteiger partial charge in [0, 0.05) is 20.8 Å². The predicted molar refractivity (Wildman–Crippen MR) is 61.3 cm³/mol. The molecule has 0 amide bonds. The Bertz CT molecular complexity index is 244. The van der Waals surface area contributed by atoms with Gasteiger partial charge in [0.1, 0.15) is 0 Å². The summed E-state index contributed by atoms with van der Waals surface area (Å²) in [6.45, 7) is 7.34. The van der Waals surface area contributed by atoms with E-state index in [4.69, 9.17) is 9.47 Å². The second kappa shape index (κ2) is 12.0. The zero-order valence-corrected chi connectivity index (χ0v) is 11.3. The number of rotatable bonds is 5. The fraction of sp³-hybridized carbons (Fsp3) is 0.727. The first-order chi connectivity index (χ1) is 8.33. The molecule has 0 spiro atoms. The quantitative estimate of drug-likeness (QED) is 0.416. The van der Waals surface area contributed by atoms with Crippen LogP contribution in [0.5, 0.6) is 0 Å². The highest BCUT2D eigenvalue weighted by molar-refractivity contribution is 5.82. The Morgan fingerprint density at radius 1 is 0.833 bits per heavy atom. The summed E-state index contributed by atoms with van der Waals surface area (Å²) in [5.74, 6) is -1.53. The fourth-order valence-electron chi connectivity index (χ4n) is 0.726. The Morgan fingerprint density at radius 3 is 1.39 bits per heavy atom. The highest BCUT2D eigenvalue weighted by Crippen LogP contribution is 1.97. The average molecular weight is 264 g/mol. The molecular weight excluding hydrogens is 244 g/mol. The van der Waals surface area contributed by atoms with Gasteiger partial charge in [-0.05, 0) is 13.8 Å². The summed E-state index contributed by atoms with van der Waals surface area (Å²) in [5, 5.41) is 0. The Labute approximate surface area is 106 Å². The van der Waals surface area contributed by atoms with Crippen LogP contribution in [0.25, 0.3) is 0 Å². The van der Waals surface area contributed by atoms with Gasteiger partial charge in [-0.3, -0.25) is 14.4 Å². The maximum atomic E-state index is 10.4. The summed E-state index contributed by atoms with van der Waals surface area (Å²) < 4.78 is 18.5. The first-order valence-electron chi connectivity index (χ1n) is 5.42.